The van der Waals surface area contributed by atoms with Crippen molar-refractivity contribution in [2.24, 2.45) is 0 Å². The molecule has 0 aromatic rings. The Kier molecular flexibility index (Phi) is 2.95. The standard InChI is InChI=1S/C4H4O2S2/c1-2-4-7-8-6-5-3-1/h1-4H/b3-1-,4-2-. The number of hydrogen-bond donors (Lipinski definition) is 0. The van der Waals surface area contributed by atoms with Crippen LogP contribution in [-0.2, 0) is 9.22 Å². The fourth-order valence-corrected chi connectivity index (χ4v) is 1.06. The molecule has 0 bridgehead atoms. The maximum absolute atomic E-state index is 4.52. The Bertz CT molecular complexity index is 96.6. The Morgan fingerprint density at radius 2 is 2.25 bits per heavy atom. The second-order valence-corrected chi connectivity index (χ2v) is 2.71. The van der Waals surface area contributed by atoms with Gasteiger partial charge in [-0.2, -0.15) is 0 Å². The van der Waals surface area contributed by atoms with Gasteiger partial charge in [0, 0.05) is 0 Å². The van der Waals surface area contributed by atoms with E-state index in [1.54, 1.807) is 6.08 Å². The molecule has 1 rings (SSSR count). The Balaban J connectivity index is 2.33. The molecule has 1 aliphatic heterocycles. The van der Waals surface area contributed by atoms with Crippen LogP contribution in [0.1, 0.15) is 0 Å². The summed E-state index contributed by atoms with van der Waals surface area (Å²) in [6.07, 6.45) is 5.11. The average molecular weight is 148 g/mol. The monoisotopic (exact) mass is 148 g/mol. The van der Waals surface area contributed by atoms with E-state index in [-0.39, 0.29) is 0 Å². The van der Waals surface area contributed by atoms with E-state index in [0.29, 0.717) is 0 Å². The molecule has 1 heterocycles. The summed E-state index contributed by atoms with van der Waals surface area (Å²) >= 11 is 1.19. The summed E-state index contributed by atoms with van der Waals surface area (Å²) in [6.45, 7) is 0. The summed E-state index contributed by atoms with van der Waals surface area (Å²) in [4.78, 5) is 4.48. The van der Waals surface area contributed by atoms with Crippen molar-refractivity contribution in [1.29, 1.82) is 0 Å². The summed E-state index contributed by atoms with van der Waals surface area (Å²) in [7, 11) is 1.47. The van der Waals surface area contributed by atoms with E-state index in [4.69, 9.17) is 0 Å². The first-order valence-electron chi connectivity index (χ1n) is 1.97. The molecule has 0 radical (unpaired) electrons. The SMILES string of the molecule is C1=C\OOSS\C=C/1. The van der Waals surface area contributed by atoms with Crippen LogP contribution in [0.3, 0.4) is 0 Å². The van der Waals surface area contributed by atoms with Crippen molar-refractivity contribution >= 4 is 21.9 Å². The fraction of sp³-hybridized carbons (Fsp3) is 0. The van der Waals surface area contributed by atoms with Crippen LogP contribution in [0.4, 0.5) is 0 Å². The van der Waals surface area contributed by atoms with Crippen molar-refractivity contribution < 1.29 is 9.22 Å². The first-order valence-corrected chi connectivity index (χ1v) is 4.11. The highest BCUT2D eigenvalue weighted by Crippen LogP contribution is 2.24. The molecule has 4 heteroatoms. The minimum Gasteiger partial charge on any atom is -0.332 e. The molecule has 0 aromatic carbocycles. The zero-order chi connectivity index (χ0) is 5.66. The van der Waals surface area contributed by atoms with Crippen molar-refractivity contribution in [3.05, 3.63) is 23.8 Å². The van der Waals surface area contributed by atoms with Crippen LogP contribution in [-0.4, -0.2) is 0 Å². The molecule has 0 aromatic heterocycles. The molecule has 8 heavy (non-hydrogen) atoms. The molecule has 0 unspecified atom stereocenters. The second kappa shape index (κ2) is 3.88. The normalized spacial score (nSPS) is 27.0. The van der Waals surface area contributed by atoms with E-state index in [9.17, 15) is 0 Å². The van der Waals surface area contributed by atoms with E-state index < -0.39 is 0 Å². The molecule has 0 spiro atoms. The van der Waals surface area contributed by atoms with Crippen LogP contribution in [0, 0.1) is 0 Å². The lowest BCUT2D eigenvalue weighted by Crippen LogP contribution is -1.72. The highest BCUT2D eigenvalue weighted by Gasteiger charge is 1.86. The van der Waals surface area contributed by atoms with Gasteiger partial charge in [-0.3, -0.25) is 0 Å². The van der Waals surface area contributed by atoms with E-state index in [2.05, 4.69) is 9.22 Å². The smallest absolute Gasteiger partial charge is 0.131 e. The molecule has 0 saturated heterocycles. The topological polar surface area (TPSA) is 18.5 Å². The third-order valence-corrected chi connectivity index (χ3v) is 1.70. The Labute approximate surface area is 55.5 Å². The van der Waals surface area contributed by atoms with Crippen molar-refractivity contribution in [3.8, 4) is 0 Å². The molecular formula is C4H4O2S2. The molecular weight excluding hydrogens is 144 g/mol. The van der Waals surface area contributed by atoms with E-state index in [1.807, 2.05) is 11.5 Å². The predicted molar refractivity (Wildman–Crippen MR) is 35.6 cm³/mol. The maximum Gasteiger partial charge on any atom is 0.131 e. The van der Waals surface area contributed by atoms with Crippen molar-refractivity contribution in [1.82, 2.24) is 0 Å². The minimum atomic E-state index is 1.19. The zero-order valence-corrected chi connectivity index (χ0v) is 5.58. The quantitative estimate of drug-likeness (QED) is 0.298. The van der Waals surface area contributed by atoms with Crippen molar-refractivity contribution in [3.63, 3.8) is 0 Å². The van der Waals surface area contributed by atoms with Gasteiger partial charge in [0.25, 0.3) is 0 Å². The van der Waals surface area contributed by atoms with Gasteiger partial charge < -0.3 is 4.89 Å². The van der Waals surface area contributed by atoms with E-state index in [0.717, 1.165) is 0 Å². The summed E-state index contributed by atoms with van der Waals surface area (Å²) in [5.41, 5.74) is 0. The summed E-state index contributed by atoms with van der Waals surface area (Å²) in [5.74, 6) is 0. The predicted octanol–water partition coefficient (Wildman–Crippen LogP) is 2.27. The van der Waals surface area contributed by atoms with Gasteiger partial charge in [-0.05, 0) is 22.3 Å². The average Bonchev–Trinajstić information content (AvgIpc) is 1.62. The molecule has 0 atom stereocenters. The van der Waals surface area contributed by atoms with Crippen LogP contribution < -0.4 is 0 Å². The summed E-state index contributed by atoms with van der Waals surface area (Å²) < 4.78 is 4.52. The van der Waals surface area contributed by atoms with Crippen LogP contribution in [0.2, 0.25) is 0 Å². The molecule has 0 N–H and O–H groups in total. The van der Waals surface area contributed by atoms with Crippen LogP contribution >= 0.6 is 21.9 Å². The van der Waals surface area contributed by atoms with Crippen LogP contribution in [0.5, 0.6) is 0 Å². The van der Waals surface area contributed by atoms with Gasteiger partial charge in [0.15, 0.2) is 0 Å². The summed E-state index contributed by atoms with van der Waals surface area (Å²) in [5, 5.41) is 1.91. The highest BCUT2D eigenvalue weighted by molar-refractivity contribution is 8.76. The molecule has 0 aliphatic carbocycles. The zero-order valence-electron chi connectivity index (χ0n) is 3.94. The Morgan fingerprint density at radius 3 is 3.25 bits per heavy atom. The molecule has 0 fully saturated rings. The van der Waals surface area contributed by atoms with Gasteiger partial charge in [0.05, 0.1) is 0 Å². The third kappa shape index (κ3) is 2.30. The van der Waals surface area contributed by atoms with Crippen molar-refractivity contribution in [2.45, 2.75) is 0 Å². The molecule has 2 nitrogen and oxygen atoms in total. The largest absolute Gasteiger partial charge is 0.332 e. The van der Waals surface area contributed by atoms with Gasteiger partial charge in [-0.25, -0.2) is 0 Å². The Hall–Kier alpha value is -0.0600. The van der Waals surface area contributed by atoms with E-state index >= 15 is 0 Å². The second-order valence-electron chi connectivity index (χ2n) is 0.986. The van der Waals surface area contributed by atoms with Gasteiger partial charge >= 0.3 is 0 Å². The molecule has 1 aliphatic rings. The summed E-state index contributed by atoms with van der Waals surface area (Å²) in [6, 6.07) is 0. The van der Waals surface area contributed by atoms with Gasteiger partial charge in [0.2, 0.25) is 0 Å². The van der Waals surface area contributed by atoms with Crippen molar-refractivity contribution in [2.75, 3.05) is 0 Å². The van der Waals surface area contributed by atoms with Crippen LogP contribution in [0.25, 0.3) is 0 Å². The molecule has 0 amide bonds. The fourth-order valence-electron chi connectivity index (χ4n) is 0.232. The molecule has 44 valence electrons. The Morgan fingerprint density at radius 1 is 1.25 bits per heavy atom. The van der Waals surface area contributed by atoms with E-state index in [1.165, 1.54) is 28.1 Å². The lowest BCUT2D eigenvalue weighted by Gasteiger charge is -1.95. The minimum absolute atomic E-state index is 1.19. The number of hydrogen-bond acceptors (Lipinski definition) is 4. The number of allylic oxidation sites excluding steroid dienone is 2. The number of rotatable bonds is 0. The van der Waals surface area contributed by atoms with Gasteiger partial charge in [0.1, 0.15) is 17.3 Å². The van der Waals surface area contributed by atoms with Gasteiger partial charge in [-0.15, -0.1) is 4.33 Å². The highest BCUT2D eigenvalue weighted by atomic mass is 33.1. The third-order valence-electron chi connectivity index (χ3n) is 0.486. The maximum atomic E-state index is 4.52. The van der Waals surface area contributed by atoms with Gasteiger partial charge in [-0.1, -0.05) is 6.08 Å². The lowest BCUT2D eigenvalue weighted by atomic mass is 10.6. The first kappa shape index (κ1) is 6.07. The molecule has 0 saturated carbocycles. The van der Waals surface area contributed by atoms with Crippen LogP contribution in [0.15, 0.2) is 23.8 Å². The first-order chi connectivity index (χ1) is 4.00. The lowest BCUT2D eigenvalue weighted by molar-refractivity contribution is -0.127.